The molecule has 0 aromatic heterocycles. The highest BCUT2D eigenvalue weighted by molar-refractivity contribution is 5.36. The van der Waals surface area contributed by atoms with Crippen molar-refractivity contribution in [3.8, 4) is 0 Å². The Kier molecular flexibility index (Phi) is 1.55. The van der Waals surface area contributed by atoms with E-state index in [0.717, 1.165) is 12.5 Å². The Labute approximate surface area is 83.5 Å². The Balaban J connectivity index is 1.93. The Morgan fingerprint density at radius 3 is 2.64 bits per heavy atom. The summed E-state index contributed by atoms with van der Waals surface area (Å²) in [4.78, 5) is 2.37. The van der Waals surface area contributed by atoms with Crippen LogP contribution in [0.25, 0.3) is 0 Å². The van der Waals surface area contributed by atoms with Crippen LogP contribution < -0.4 is 0 Å². The first-order valence-electron chi connectivity index (χ1n) is 5.15. The average molecular weight is 191 g/mol. The van der Waals surface area contributed by atoms with Crippen LogP contribution in [0.15, 0.2) is 24.3 Å². The number of nitrogens with zero attached hydrogens (tertiary/aromatic N) is 1. The van der Waals surface area contributed by atoms with Crippen molar-refractivity contribution in [2.75, 3.05) is 20.1 Å². The van der Waals surface area contributed by atoms with Crippen molar-refractivity contribution in [2.45, 2.75) is 11.8 Å². The standard InChI is InChI=1S/C12H14FN/c1-14-7-10-6-12(10,8-14)9-2-4-11(13)5-3-9/h2-5,10H,6-8H2,1H3. The van der Waals surface area contributed by atoms with Crippen LogP contribution in [0.3, 0.4) is 0 Å². The van der Waals surface area contributed by atoms with Gasteiger partial charge in [-0.3, -0.25) is 0 Å². The number of likely N-dealkylation sites (tertiary alicyclic amines) is 1. The molecule has 0 amide bonds. The molecule has 2 aliphatic rings. The highest BCUT2D eigenvalue weighted by Crippen LogP contribution is 2.58. The van der Waals surface area contributed by atoms with E-state index in [1.54, 1.807) is 12.1 Å². The number of rotatable bonds is 1. The number of halogens is 1. The fourth-order valence-corrected chi connectivity index (χ4v) is 2.96. The first-order chi connectivity index (χ1) is 6.71. The molecule has 74 valence electrons. The largest absolute Gasteiger partial charge is 0.305 e. The minimum Gasteiger partial charge on any atom is -0.305 e. The van der Waals surface area contributed by atoms with E-state index in [4.69, 9.17) is 0 Å². The fourth-order valence-electron chi connectivity index (χ4n) is 2.96. The third-order valence-corrected chi connectivity index (χ3v) is 3.74. The van der Waals surface area contributed by atoms with Crippen LogP contribution in [-0.2, 0) is 5.41 Å². The SMILES string of the molecule is CN1CC2CC2(c2ccc(F)cc2)C1. The van der Waals surface area contributed by atoms with Gasteiger partial charge in [-0.1, -0.05) is 12.1 Å². The average Bonchev–Trinajstić information content (AvgIpc) is 2.71. The zero-order chi connectivity index (χ0) is 9.76. The van der Waals surface area contributed by atoms with Gasteiger partial charge in [-0.2, -0.15) is 0 Å². The predicted octanol–water partition coefficient (Wildman–Crippen LogP) is 2.03. The van der Waals surface area contributed by atoms with E-state index < -0.39 is 0 Å². The summed E-state index contributed by atoms with van der Waals surface area (Å²) >= 11 is 0. The van der Waals surface area contributed by atoms with Gasteiger partial charge in [0, 0.05) is 18.5 Å². The summed E-state index contributed by atoms with van der Waals surface area (Å²) in [5, 5.41) is 0. The third kappa shape index (κ3) is 1.04. The van der Waals surface area contributed by atoms with Crippen molar-refractivity contribution in [2.24, 2.45) is 5.92 Å². The molecule has 0 bridgehead atoms. The van der Waals surface area contributed by atoms with Gasteiger partial charge in [0.05, 0.1) is 0 Å². The summed E-state index contributed by atoms with van der Waals surface area (Å²) < 4.78 is 12.8. The van der Waals surface area contributed by atoms with Crippen molar-refractivity contribution in [3.63, 3.8) is 0 Å². The molecular weight excluding hydrogens is 177 g/mol. The lowest BCUT2D eigenvalue weighted by atomic mass is 9.95. The second-order valence-corrected chi connectivity index (χ2v) is 4.76. The van der Waals surface area contributed by atoms with Crippen LogP contribution in [0.2, 0.25) is 0 Å². The molecule has 0 spiro atoms. The Hall–Kier alpha value is -0.890. The van der Waals surface area contributed by atoms with E-state index in [1.165, 1.54) is 18.5 Å². The molecule has 0 N–H and O–H groups in total. The first-order valence-corrected chi connectivity index (χ1v) is 5.15. The van der Waals surface area contributed by atoms with Crippen molar-refractivity contribution < 1.29 is 4.39 Å². The van der Waals surface area contributed by atoms with E-state index in [-0.39, 0.29) is 5.82 Å². The Morgan fingerprint density at radius 1 is 1.36 bits per heavy atom. The molecule has 1 saturated heterocycles. The summed E-state index contributed by atoms with van der Waals surface area (Å²) in [6.07, 6.45) is 1.29. The van der Waals surface area contributed by atoms with Crippen LogP contribution in [0.5, 0.6) is 0 Å². The van der Waals surface area contributed by atoms with Gasteiger partial charge in [0.2, 0.25) is 0 Å². The monoisotopic (exact) mass is 191 g/mol. The summed E-state index contributed by atoms with van der Waals surface area (Å²) in [6.45, 7) is 2.35. The number of hydrogen-bond acceptors (Lipinski definition) is 1. The quantitative estimate of drug-likeness (QED) is 0.656. The minimum absolute atomic E-state index is 0.131. The molecular formula is C12H14FN. The second kappa shape index (κ2) is 2.57. The number of benzene rings is 1. The number of hydrogen-bond donors (Lipinski definition) is 0. The molecule has 2 fully saturated rings. The van der Waals surface area contributed by atoms with Crippen molar-refractivity contribution in [1.29, 1.82) is 0 Å². The lowest BCUT2D eigenvalue weighted by Crippen LogP contribution is -2.22. The van der Waals surface area contributed by atoms with Gasteiger partial charge in [0.1, 0.15) is 5.82 Å². The van der Waals surface area contributed by atoms with Crippen LogP contribution in [0, 0.1) is 11.7 Å². The van der Waals surface area contributed by atoms with Gasteiger partial charge in [-0.25, -0.2) is 4.39 Å². The molecule has 1 aromatic carbocycles. The van der Waals surface area contributed by atoms with E-state index in [9.17, 15) is 4.39 Å². The fraction of sp³-hybridized carbons (Fsp3) is 0.500. The van der Waals surface area contributed by atoms with E-state index in [0.29, 0.717) is 5.41 Å². The molecule has 0 radical (unpaired) electrons. The zero-order valence-electron chi connectivity index (χ0n) is 8.33. The number of piperidine rings is 1. The van der Waals surface area contributed by atoms with Crippen LogP contribution in [0.1, 0.15) is 12.0 Å². The maximum Gasteiger partial charge on any atom is 0.123 e. The van der Waals surface area contributed by atoms with Gasteiger partial charge in [0.15, 0.2) is 0 Å². The van der Waals surface area contributed by atoms with Crippen molar-refractivity contribution in [1.82, 2.24) is 4.90 Å². The van der Waals surface area contributed by atoms with E-state index >= 15 is 0 Å². The molecule has 14 heavy (non-hydrogen) atoms. The lowest BCUT2D eigenvalue weighted by molar-refractivity contribution is 0.363. The van der Waals surface area contributed by atoms with Crippen molar-refractivity contribution >= 4 is 0 Å². The summed E-state index contributed by atoms with van der Waals surface area (Å²) in [5.74, 6) is 0.687. The smallest absolute Gasteiger partial charge is 0.123 e. The normalized spacial score (nSPS) is 35.7. The molecule has 1 nitrogen and oxygen atoms in total. The maximum absolute atomic E-state index is 12.8. The van der Waals surface area contributed by atoms with Crippen LogP contribution in [0.4, 0.5) is 4.39 Å². The van der Waals surface area contributed by atoms with E-state index in [2.05, 4.69) is 11.9 Å². The molecule has 3 rings (SSSR count). The molecule has 1 aliphatic heterocycles. The van der Waals surface area contributed by atoms with E-state index in [1.807, 2.05) is 12.1 Å². The molecule has 1 aromatic rings. The topological polar surface area (TPSA) is 3.24 Å². The molecule has 2 atom stereocenters. The number of fused-ring (bicyclic) bond motifs is 1. The predicted molar refractivity (Wildman–Crippen MR) is 53.7 cm³/mol. The molecule has 2 heteroatoms. The summed E-state index contributed by atoms with van der Waals surface area (Å²) in [6, 6.07) is 7.07. The summed E-state index contributed by atoms with van der Waals surface area (Å²) in [5.41, 5.74) is 1.70. The molecule has 1 saturated carbocycles. The Bertz CT molecular complexity index is 359. The zero-order valence-corrected chi connectivity index (χ0v) is 8.33. The van der Waals surface area contributed by atoms with Gasteiger partial charge < -0.3 is 4.90 Å². The maximum atomic E-state index is 12.8. The van der Waals surface area contributed by atoms with Gasteiger partial charge in [-0.05, 0) is 37.1 Å². The van der Waals surface area contributed by atoms with Gasteiger partial charge >= 0.3 is 0 Å². The highest BCUT2D eigenvalue weighted by Gasteiger charge is 2.59. The molecule has 1 aliphatic carbocycles. The minimum atomic E-state index is -0.131. The lowest BCUT2D eigenvalue weighted by Gasteiger charge is -2.16. The van der Waals surface area contributed by atoms with Gasteiger partial charge in [-0.15, -0.1) is 0 Å². The molecule has 2 unspecified atom stereocenters. The van der Waals surface area contributed by atoms with Gasteiger partial charge in [0.25, 0.3) is 0 Å². The number of likely N-dealkylation sites (N-methyl/N-ethyl adjacent to an activating group) is 1. The summed E-state index contributed by atoms with van der Waals surface area (Å²) in [7, 11) is 2.16. The molecule has 1 heterocycles. The van der Waals surface area contributed by atoms with Crippen molar-refractivity contribution in [3.05, 3.63) is 35.6 Å². The first kappa shape index (κ1) is 8.42. The Morgan fingerprint density at radius 2 is 2.07 bits per heavy atom. The van der Waals surface area contributed by atoms with Crippen LogP contribution in [-0.4, -0.2) is 25.0 Å². The highest BCUT2D eigenvalue weighted by atomic mass is 19.1. The third-order valence-electron chi connectivity index (χ3n) is 3.74. The van der Waals surface area contributed by atoms with Crippen LogP contribution >= 0.6 is 0 Å². The second-order valence-electron chi connectivity index (χ2n) is 4.76.